The molecular formula is C18H28N2O. The van der Waals surface area contributed by atoms with Gasteiger partial charge >= 0.3 is 0 Å². The molecular weight excluding hydrogens is 260 g/mol. The maximum absolute atomic E-state index is 5.52. The zero-order chi connectivity index (χ0) is 14.8. The van der Waals surface area contributed by atoms with Gasteiger partial charge in [0.1, 0.15) is 5.75 Å². The van der Waals surface area contributed by atoms with Gasteiger partial charge in [0.2, 0.25) is 0 Å². The van der Waals surface area contributed by atoms with Crippen LogP contribution in [0.5, 0.6) is 5.75 Å². The van der Waals surface area contributed by atoms with E-state index in [9.17, 15) is 0 Å². The van der Waals surface area contributed by atoms with Crippen LogP contribution in [0.2, 0.25) is 0 Å². The van der Waals surface area contributed by atoms with Gasteiger partial charge in [-0.05, 0) is 58.7 Å². The van der Waals surface area contributed by atoms with E-state index in [-0.39, 0.29) is 0 Å². The van der Waals surface area contributed by atoms with E-state index in [4.69, 9.17) is 4.74 Å². The van der Waals surface area contributed by atoms with Gasteiger partial charge in [-0.3, -0.25) is 0 Å². The van der Waals surface area contributed by atoms with Crippen LogP contribution in [0.1, 0.15) is 49.8 Å². The van der Waals surface area contributed by atoms with Gasteiger partial charge in [0.15, 0.2) is 0 Å². The maximum Gasteiger partial charge on any atom is 0.123 e. The van der Waals surface area contributed by atoms with Crippen molar-refractivity contribution in [1.82, 2.24) is 10.2 Å². The first-order valence-corrected chi connectivity index (χ1v) is 8.32. The highest BCUT2D eigenvalue weighted by Crippen LogP contribution is 2.31. The van der Waals surface area contributed by atoms with E-state index in [2.05, 4.69) is 42.3 Å². The average Bonchev–Trinajstić information content (AvgIpc) is 3.32. The number of hydrogen-bond donors (Lipinski definition) is 1. The molecule has 1 aliphatic carbocycles. The quantitative estimate of drug-likeness (QED) is 0.900. The van der Waals surface area contributed by atoms with E-state index < -0.39 is 0 Å². The number of rotatable bonds is 5. The Morgan fingerprint density at radius 3 is 2.52 bits per heavy atom. The van der Waals surface area contributed by atoms with E-state index in [0.29, 0.717) is 12.1 Å². The Morgan fingerprint density at radius 2 is 1.90 bits per heavy atom. The van der Waals surface area contributed by atoms with E-state index in [1.165, 1.54) is 49.9 Å². The molecule has 1 N–H and O–H groups in total. The van der Waals surface area contributed by atoms with Crippen molar-refractivity contribution in [3.05, 3.63) is 29.3 Å². The predicted molar refractivity (Wildman–Crippen MR) is 86.9 cm³/mol. The summed E-state index contributed by atoms with van der Waals surface area (Å²) in [5.74, 6) is 0.996. The van der Waals surface area contributed by atoms with Crippen molar-refractivity contribution in [1.29, 1.82) is 0 Å². The number of methoxy groups -OCH3 is 1. The topological polar surface area (TPSA) is 24.5 Å². The third kappa shape index (κ3) is 3.58. The third-order valence-electron chi connectivity index (χ3n) is 4.93. The number of likely N-dealkylation sites (tertiary alicyclic amines) is 1. The minimum atomic E-state index is 0.345. The molecule has 1 heterocycles. The van der Waals surface area contributed by atoms with Gasteiger partial charge in [0, 0.05) is 23.7 Å². The van der Waals surface area contributed by atoms with Crippen LogP contribution in [0, 0.1) is 6.92 Å². The van der Waals surface area contributed by atoms with Crippen LogP contribution in [0.15, 0.2) is 18.2 Å². The van der Waals surface area contributed by atoms with Gasteiger partial charge in [-0.1, -0.05) is 17.7 Å². The Bertz CT molecular complexity index is 476. The average molecular weight is 288 g/mol. The fourth-order valence-electron chi connectivity index (χ4n) is 3.51. The standard InChI is InChI=1S/C18H28N2O/c1-13-4-7-18(21-3)17(12-13)14(2)19-15-8-10-20(11-9-15)16-5-6-16/h4,7,12,14-16,19H,5-6,8-11H2,1-3H3. The molecule has 0 bridgehead atoms. The number of benzene rings is 1. The van der Waals surface area contributed by atoms with Gasteiger partial charge < -0.3 is 15.0 Å². The molecule has 0 radical (unpaired) electrons. The molecule has 3 heteroatoms. The summed E-state index contributed by atoms with van der Waals surface area (Å²) in [4.78, 5) is 2.68. The minimum absolute atomic E-state index is 0.345. The molecule has 1 aromatic rings. The van der Waals surface area contributed by atoms with Crippen molar-refractivity contribution >= 4 is 0 Å². The number of nitrogens with one attached hydrogen (secondary N) is 1. The predicted octanol–water partition coefficient (Wildman–Crippen LogP) is 3.28. The molecule has 21 heavy (non-hydrogen) atoms. The first kappa shape index (κ1) is 14.9. The largest absolute Gasteiger partial charge is 0.496 e. The molecule has 116 valence electrons. The van der Waals surface area contributed by atoms with E-state index in [0.717, 1.165) is 11.8 Å². The summed E-state index contributed by atoms with van der Waals surface area (Å²) < 4.78 is 5.52. The summed E-state index contributed by atoms with van der Waals surface area (Å²) in [6.45, 7) is 6.92. The SMILES string of the molecule is COc1ccc(C)cc1C(C)NC1CCN(C2CC2)CC1. The summed E-state index contributed by atoms with van der Waals surface area (Å²) >= 11 is 0. The van der Waals surface area contributed by atoms with Crippen molar-refractivity contribution in [2.45, 2.75) is 57.7 Å². The van der Waals surface area contributed by atoms with Crippen LogP contribution < -0.4 is 10.1 Å². The zero-order valence-electron chi connectivity index (χ0n) is 13.6. The summed E-state index contributed by atoms with van der Waals surface area (Å²) in [5, 5.41) is 3.81. The molecule has 0 spiro atoms. The summed E-state index contributed by atoms with van der Waals surface area (Å²) in [6.07, 6.45) is 5.40. The molecule has 1 saturated heterocycles. The van der Waals surface area contributed by atoms with Gasteiger partial charge in [0.25, 0.3) is 0 Å². The second-order valence-electron chi connectivity index (χ2n) is 6.68. The Balaban J connectivity index is 1.58. The molecule has 0 aromatic heterocycles. The van der Waals surface area contributed by atoms with E-state index in [1.807, 2.05) is 0 Å². The molecule has 2 fully saturated rings. The smallest absolute Gasteiger partial charge is 0.123 e. The Hall–Kier alpha value is -1.06. The van der Waals surface area contributed by atoms with Gasteiger partial charge in [-0.25, -0.2) is 0 Å². The van der Waals surface area contributed by atoms with E-state index >= 15 is 0 Å². The number of hydrogen-bond acceptors (Lipinski definition) is 3. The molecule has 1 saturated carbocycles. The molecule has 0 amide bonds. The third-order valence-corrected chi connectivity index (χ3v) is 4.93. The van der Waals surface area contributed by atoms with Crippen molar-refractivity contribution in [3.8, 4) is 5.75 Å². The number of piperidine rings is 1. The van der Waals surface area contributed by atoms with Crippen molar-refractivity contribution in [2.24, 2.45) is 0 Å². The van der Waals surface area contributed by atoms with Crippen LogP contribution in [0.25, 0.3) is 0 Å². The van der Waals surface area contributed by atoms with Crippen LogP contribution in [-0.2, 0) is 0 Å². The maximum atomic E-state index is 5.52. The Morgan fingerprint density at radius 1 is 1.19 bits per heavy atom. The van der Waals surface area contributed by atoms with Gasteiger partial charge in [0.05, 0.1) is 7.11 Å². The highest BCUT2D eigenvalue weighted by Gasteiger charge is 2.32. The van der Waals surface area contributed by atoms with Crippen LogP contribution in [0.4, 0.5) is 0 Å². The lowest BCUT2D eigenvalue weighted by Crippen LogP contribution is -2.44. The van der Waals surface area contributed by atoms with Crippen LogP contribution >= 0.6 is 0 Å². The van der Waals surface area contributed by atoms with Crippen LogP contribution in [0.3, 0.4) is 0 Å². The zero-order valence-corrected chi connectivity index (χ0v) is 13.6. The molecule has 3 nitrogen and oxygen atoms in total. The fourth-order valence-corrected chi connectivity index (χ4v) is 3.51. The lowest BCUT2D eigenvalue weighted by atomic mass is 10.00. The van der Waals surface area contributed by atoms with Gasteiger partial charge in [-0.15, -0.1) is 0 Å². The number of nitrogens with zero attached hydrogens (tertiary/aromatic N) is 1. The Labute approximate surface area is 128 Å². The van der Waals surface area contributed by atoms with Crippen LogP contribution in [-0.4, -0.2) is 37.2 Å². The highest BCUT2D eigenvalue weighted by atomic mass is 16.5. The van der Waals surface area contributed by atoms with Crippen molar-refractivity contribution in [3.63, 3.8) is 0 Å². The first-order valence-electron chi connectivity index (χ1n) is 8.32. The minimum Gasteiger partial charge on any atom is -0.496 e. The summed E-state index contributed by atoms with van der Waals surface area (Å²) in [6, 6.07) is 8.34. The number of ether oxygens (including phenoxy) is 1. The Kier molecular flexibility index (Phi) is 4.51. The molecule has 1 unspecified atom stereocenters. The van der Waals surface area contributed by atoms with Crippen molar-refractivity contribution < 1.29 is 4.74 Å². The summed E-state index contributed by atoms with van der Waals surface area (Å²) in [7, 11) is 1.76. The highest BCUT2D eigenvalue weighted by molar-refractivity contribution is 5.38. The van der Waals surface area contributed by atoms with Gasteiger partial charge in [-0.2, -0.15) is 0 Å². The number of aryl methyl sites for hydroxylation is 1. The molecule has 3 rings (SSSR count). The fraction of sp³-hybridized carbons (Fsp3) is 0.667. The monoisotopic (exact) mass is 288 g/mol. The lowest BCUT2D eigenvalue weighted by molar-refractivity contribution is 0.184. The molecule has 1 atom stereocenters. The second-order valence-corrected chi connectivity index (χ2v) is 6.68. The second kappa shape index (κ2) is 6.37. The normalized spacial score (nSPS) is 22.2. The molecule has 2 aliphatic rings. The van der Waals surface area contributed by atoms with Crippen molar-refractivity contribution in [2.75, 3.05) is 20.2 Å². The molecule has 1 aliphatic heterocycles. The molecule has 1 aromatic carbocycles. The van der Waals surface area contributed by atoms with E-state index in [1.54, 1.807) is 7.11 Å². The summed E-state index contributed by atoms with van der Waals surface area (Å²) in [5.41, 5.74) is 2.57. The lowest BCUT2D eigenvalue weighted by Gasteiger charge is -2.34. The first-order chi connectivity index (χ1) is 10.2.